The Hall–Kier alpha value is -1.14. The van der Waals surface area contributed by atoms with Crippen molar-refractivity contribution in [3.63, 3.8) is 0 Å². The van der Waals surface area contributed by atoms with E-state index < -0.39 is 23.6 Å². The van der Waals surface area contributed by atoms with Crippen molar-refractivity contribution < 1.29 is 24.9 Å². The van der Waals surface area contributed by atoms with Crippen molar-refractivity contribution in [3.05, 3.63) is 0 Å². The van der Waals surface area contributed by atoms with Gasteiger partial charge in [-0.3, -0.25) is 9.59 Å². The van der Waals surface area contributed by atoms with Crippen LogP contribution in [0.3, 0.4) is 0 Å². The third-order valence-corrected chi connectivity index (χ3v) is 1.40. The molecule has 0 bridgehead atoms. The molecule has 0 saturated carbocycles. The zero-order valence-electron chi connectivity index (χ0n) is 9.24. The number of carboxylic acid groups (broad SMARTS) is 1. The highest BCUT2D eigenvalue weighted by molar-refractivity contribution is 5.75. The second-order valence-electron chi connectivity index (χ2n) is 4.07. The number of carboxylic acids is 1. The van der Waals surface area contributed by atoms with Crippen molar-refractivity contribution in [2.24, 2.45) is 5.73 Å². The van der Waals surface area contributed by atoms with Crippen molar-refractivity contribution in [1.29, 1.82) is 0 Å². The van der Waals surface area contributed by atoms with Gasteiger partial charge in [0.05, 0.1) is 0 Å². The van der Waals surface area contributed by atoms with Crippen molar-refractivity contribution in [2.75, 3.05) is 0 Å². The lowest BCUT2D eigenvalue weighted by atomic mass is 10.1. The third kappa shape index (κ3) is 9.17. The average molecular weight is 221 g/mol. The average Bonchev–Trinajstić information content (AvgIpc) is 1.96. The first-order valence-corrected chi connectivity index (χ1v) is 4.42. The second-order valence-corrected chi connectivity index (χ2v) is 4.07. The minimum Gasteiger partial charge on any atom is -0.480 e. The molecule has 0 spiro atoms. The van der Waals surface area contributed by atoms with E-state index in [-0.39, 0.29) is 18.3 Å². The van der Waals surface area contributed by atoms with Crippen LogP contribution in [0.15, 0.2) is 0 Å². The zero-order valence-corrected chi connectivity index (χ0v) is 9.24. The molecule has 0 aromatic heterocycles. The highest BCUT2D eigenvalue weighted by Crippen LogP contribution is 2.09. The zero-order chi connectivity index (χ0) is 11.4. The fourth-order valence-corrected chi connectivity index (χ4v) is 0.789. The van der Waals surface area contributed by atoms with Gasteiger partial charge in [0.1, 0.15) is 11.6 Å². The molecule has 15 heavy (non-hydrogen) atoms. The molecule has 0 heterocycles. The Morgan fingerprint density at radius 1 is 1.40 bits per heavy atom. The molecule has 0 saturated heterocycles. The molecule has 0 amide bonds. The minimum absolute atomic E-state index is 0. The standard InChI is InChI=1S/C9H17NO4.H2O/c1-9(2,3)14-7(11)5-4-6(10)8(12)13;/h6H,4-5,10H2,1-3H3,(H,12,13);1H2/t6-;/m1./s1. The molecule has 0 aliphatic carbocycles. The van der Waals surface area contributed by atoms with Crippen LogP contribution in [0, 0.1) is 0 Å². The molecule has 90 valence electrons. The lowest BCUT2D eigenvalue weighted by Gasteiger charge is -2.19. The maximum atomic E-state index is 11.1. The number of rotatable bonds is 4. The van der Waals surface area contributed by atoms with Crippen LogP contribution in [0.25, 0.3) is 0 Å². The van der Waals surface area contributed by atoms with Gasteiger partial charge in [-0.15, -0.1) is 0 Å². The molecular weight excluding hydrogens is 202 g/mol. The highest BCUT2D eigenvalue weighted by atomic mass is 16.6. The largest absolute Gasteiger partial charge is 0.480 e. The Balaban J connectivity index is 0. The van der Waals surface area contributed by atoms with Gasteiger partial charge in [0, 0.05) is 6.42 Å². The molecule has 0 aliphatic rings. The van der Waals surface area contributed by atoms with Crippen LogP contribution in [-0.4, -0.2) is 34.2 Å². The van der Waals surface area contributed by atoms with Crippen molar-refractivity contribution in [2.45, 2.75) is 45.3 Å². The number of hydrogen-bond donors (Lipinski definition) is 2. The lowest BCUT2D eigenvalue weighted by Crippen LogP contribution is -2.31. The van der Waals surface area contributed by atoms with E-state index in [4.69, 9.17) is 15.6 Å². The normalized spacial score (nSPS) is 12.5. The number of carbonyl (C=O) groups is 2. The molecule has 0 unspecified atom stereocenters. The molecule has 0 radical (unpaired) electrons. The van der Waals surface area contributed by atoms with Gasteiger partial charge in [-0.25, -0.2) is 0 Å². The van der Waals surface area contributed by atoms with E-state index in [0.29, 0.717) is 0 Å². The van der Waals surface area contributed by atoms with Crippen LogP contribution in [0.5, 0.6) is 0 Å². The van der Waals surface area contributed by atoms with Gasteiger partial charge in [0.15, 0.2) is 0 Å². The lowest BCUT2D eigenvalue weighted by molar-refractivity contribution is -0.155. The van der Waals surface area contributed by atoms with E-state index in [1.54, 1.807) is 20.8 Å². The second kappa shape index (κ2) is 6.36. The number of carbonyl (C=O) groups excluding carboxylic acids is 1. The van der Waals surface area contributed by atoms with E-state index in [0.717, 1.165) is 0 Å². The van der Waals surface area contributed by atoms with Crippen LogP contribution in [0.2, 0.25) is 0 Å². The first-order chi connectivity index (χ1) is 6.22. The summed E-state index contributed by atoms with van der Waals surface area (Å²) in [4.78, 5) is 21.4. The summed E-state index contributed by atoms with van der Waals surface area (Å²) in [6.45, 7) is 5.26. The summed E-state index contributed by atoms with van der Waals surface area (Å²) in [5.74, 6) is -1.53. The Bertz CT molecular complexity index is 221. The minimum atomic E-state index is -1.10. The summed E-state index contributed by atoms with van der Waals surface area (Å²) in [7, 11) is 0. The Kier molecular flexibility index (Phi) is 6.91. The molecule has 5 N–H and O–H groups in total. The Labute approximate surface area is 88.7 Å². The quantitative estimate of drug-likeness (QED) is 0.631. The third-order valence-electron chi connectivity index (χ3n) is 1.40. The topological polar surface area (TPSA) is 121 Å². The van der Waals surface area contributed by atoms with Crippen molar-refractivity contribution in [1.82, 2.24) is 0 Å². The summed E-state index contributed by atoms with van der Waals surface area (Å²) in [5, 5.41) is 8.45. The first kappa shape index (κ1) is 16.3. The predicted molar refractivity (Wildman–Crippen MR) is 54.3 cm³/mol. The smallest absolute Gasteiger partial charge is 0.320 e. The molecule has 6 heteroatoms. The Morgan fingerprint density at radius 2 is 1.87 bits per heavy atom. The SMILES string of the molecule is CC(C)(C)OC(=O)CC[C@@H](N)C(=O)O.O. The molecule has 0 rings (SSSR count). The van der Waals surface area contributed by atoms with E-state index in [2.05, 4.69) is 0 Å². The van der Waals surface area contributed by atoms with Crippen LogP contribution >= 0.6 is 0 Å². The number of aliphatic carboxylic acids is 1. The summed E-state index contributed by atoms with van der Waals surface area (Å²) in [6, 6.07) is -0.998. The summed E-state index contributed by atoms with van der Waals surface area (Å²) >= 11 is 0. The first-order valence-electron chi connectivity index (χ1n) is 4.42. The highest BCUT2D eigenvalue weighted by Gasteiger charge is 2.18. The molecule has 0 aromatic rings. The summed E-state index contributed by atoms with van der Waals surface area (Å²) < 4.78 is 4.98. The number of esters is 1. The van der Waals surface area contributed by atoms with Gasteiger partial charge >= 0.3 is 11.9 Å². The number of nitrogens with two attached hydrogens (primary N) is 1. The maximum absolute atomic E-state index is 11.1. The van der Waals surface area contributed by atoms with Gasteiger partial charge in [0.2, 0.25) is 0 Å². The monoisotopic (exact) mass is 221 g/mol. The molecular formula is C9H19NO5. The predicted octanol–water partition coefficient (Wildman–Crippen LogP) is -0.305. The molecule has 1 atom stereocenters. The van der Waals surface area contributed by atoms with E-state index in [1.807, 2.05) is 0 Å². The van der Waals surface area contributed by atoms with Crippen molar-refractivity contribution in [3.8, 4) is 0 Å². The number of ether oxygens (including phenoxy) is 1. The van der Waals surface area contributed by atoms with Crippen molar-refractivity contribution >= 4 is 11.9 Å². The molecule has 0 aliphatic heterocycles. The van der Waals surface area contributed by atoms with E-state index >= 15 is 0 Å². The fourth-order valence-electron chi connectivity index (χ4n) is 0.789. The van der Waals surface area contributed by atoms with Crippen LogP contribution in [0.1, 0.15) is 33.6 Å². The molecule has 0 fully saturated rings. The van der Waals surface area contributed by atoms with Gasteiger partial charge in [-0.05, 0) is 27.2 Å². The van der Waals surface area contributed by atoms with Crippen LogP contribution < -0.4 is 5.73 Å². The van der Waals surface area contributed by atoms with E-state index in [1.165, 1.54) is 0 Å². The maximum Gasteiger partial charge on any atom is 0.320 e. The van der Waals surface area contributed by atoms with Crippen LogP contribution in [0.4, 0.5) is 0 Å². The fraction of sp³-hybridized carbons (Fsp3) is 0.778. The molecule has 6 nitrogen and oxygen atoms in total. The van der Waals surface area contributed by atoms with Gasteiger partial charge < -0.3 is 21.1 Å². The van der Waals surface area contributed by atoms with E-state index in [9.17, 15) is 9.59 Å². The van der Waals surface area contributed by atoms with Gasteiger partial charge in [-0.2, -0.15) is 0 Å². The Morgan fingerprint density at radius 3 is 2.20 bits per heavy atom. The van der Waals surface area contributed by atoms with Gasteiger partial charge in [0.25, 0.3) is 0 Å². The van der Waals surface area contributed by atoms with Gasteiger partial charge in [-0.1, -0.05) is 0 Å². The molecule has 0 aromatic carbocycles. The summed E-state index contributed by atoms with van der Waals surface area (Å²) in [6.07, 6.45) is 0.134. The van der Waals surface area contributed by atoms with Crippen LogP contribution in [-0.2, 0) is 14.3 Å². The number of hydrogen-bond acceptors (Lipinski definition) is 4. The summed E-state index contributed by atoms with van der Waals surface area (Å²) in [5.41, 5.74) is 4.68.